The molecule has 3 aromatic rings. The zero-order valence-corrected chi connectivity index (χ0v) is 18.9. The van der Waals surface area contributed by atoms with Crippen LogP contribution < -0.4 is 10.5 Å². The van der Waals surface area contributed by atoms with Crippen molar-refractivity contribution in [2.24, 2.45) is 0 Å². The van der Waals surface area contributed by atoms with Gasteiger partial charge in [-0.3, -0.25) is 19.5 Å². The summed E-state index contributed by atoms with van der Waals surface area (Å²) < 4.78 is 0. The fourth-order valence-corrected chi connectivity index (χ4v) is 4.69. The summed E-state index contributed by atoms with van der Waals surface area (Å²) in [6.07, 6.45) is 6.08. The van der Waals surface area contributed by atoms with E-state index < -0.39 is 0 Å². The fraction of sp³-hybridized carbons (Fsp3) is 0.320. The molecule has 1 N–H and O–H groups in total. The SMILES string of the molecule is CC(=O)c1ccc(N2CCN([C@H]3C=C(c4cc5ncccc5c(=O)[nH]4)CC3)CC2)cc1.Cl. The monoisotopic (exact) mass is 450 g/mol. The number of carbonyl (C=O) groups is 1. The average Bonchev–Trinajstić information content (AvgIpc) is 3.30. The first kappa shape index (κ1) is 22.2. The summed E-state index contributed by atoms with van der Waals surface area (Å²) in [6.45, 7) is 5.53. The third-order valence-corrected chi connectivity index (χ3v) is 6.48. The third kappa shape index (κ3) is 4.33. The first-order valence-electron chi connectivity index (χ1n) is 10.9. The minimum Gasteiger partial charge on any atom is -0.369 e. The number of aromatic nitrogens is 2. The Kier molecular flexibility index (Phi) is 6.44. The highest BCUT2D eigenvalue weighted by atomic mass is 35.5. The van der Waals surface area contributed by atoms with Crippen LogP contribution in [0.4, 0.5) is 5.69 Å². The number of rotatable bonds is 4. The number of benzene rings is 1. The van der Waals surface area contributed by atoms with Gasteiger partial charge < -0.3 is 9.88 Å². The zero-order valence-electron chi connectivity index (χ0n) is 18.1. The summed E-state index contributed by atoms with van der Waals surface area (Å²) in [6, 6.07) is 13.9. The number of anilines is 1. The fourth-order valence-electron chi connectivity index (χ4n) is 4.69. The van der Waals surface area contributed by atoms with E-state index in [1.54, 1.807) is 19.2 Å². The Hall–Kier alpha value is -2.96. The van der Waals surface area contributed by atoms with Crippen molar-refractivity contribution in [3.05, 3.63) is 76.3 Å². The van der Waals surface area contributed by atoms with Crippen LogP contribution in [0, 0.1) is 0 Å². The number of H-pyrrole nitrogens is 1. The molecule has 6 nitrogen and oxygen atoms in total. The second-order valence-corrected chi connectivity index (χ2v) is 8.37. The van der Waals surface area contributed by atoms with Crippen LogP contribution in [0.2, 0.25) is 0 Å². The van der Waals surface area contributed by atoms with Crippen LogP contribution in [-0.4, -0.2) is 52.9 Å². The van der Waals surface area contributed by atoms with Crippen LogP contribution in [0.15, 0.2) is 59.5 Å². The van der Waals surface area contributed by atoms with Gasteiger partial charge in [0.05, 0.1) is 10.9 Å². The molecule has 1 aliphatic carbocycles. The van der Waals surface area contributed by atoms with Crippen molar-refractivity contribution in [3.63, 3.8) is 0 Å². The number of allylic oxidation sites excluding steroid dienone is 1. The zero-order chi connectivity index (χ0) is 21.4. The molecule has 1 fully saturated rings. The van der Waals surface area contributed by atoms with E-state index in [1.807, 2.05) is 36.4 Å². The number of hydrogen-bond acceptors (Lipinski definition) is 5. The highest BCUT2D eigenvalue weighted by Gasteiger charge is 2.27. The van der Waals surface area contributed by atoms with Gasteiger partial charge in [0, 0.05) is 55.4 Å². The van der Waals surface area contributed by atoms with Gasteiger partial charge in [0.2, 0.25) is 0 Å². The number of ketones is 1. The van der Waals surface area contributed by atoms with Crippen LogP contribution in [-0.2, 0) is 0 Å². The Morgan fingerprint density at radius 2 is 1.84 bits per heavy atom. The Balaban J connectivity index is 0.00000245. The predicted octanol–water partition coefficient (Wildman–Crippen LogP) is 3.92. The van der Waals surface area contributed by atoms with E-state index in [9.17, 15) is 9.59 Å². The van der Waals surface area contributed by atoms with Gasteiger partial charge in [0.1, 0.15) is 0 Å². The number of halogens is 1. The minimum atomic E-state index is -0.0747. The quantitative estimate of drug-likeness (QED) is 0.610. The number of hydrogen-bond donors (Lipinski definition) is 1. The normalized spacial score (nSPS) is 19.0. The Bertz CT molecular complexity index is 1210. The summed E-state index contributed by atoms with van der Waals surface area (Å²) in [5, 5.41) is 0.633. The van der Waals surface area contributed by atoms with Gasteiger partial charge in [-0.2, -0.15) is 0 Å². The van der Waals surface area contributed by atoms with Crippen molar-refractivity contribution >= 4 is 40.4 Å². The molecule has 1 aliphatic heterocycles. The summed E-state index contributed by atoms with van der Waals surface area (Å²) in [4.78, 5) is 36.2. The van der Waals surface area contributed by atoms with Crippen molar-refractivity contribution in [3.8, 4) is 0 Å². The molecule has 0 unspecified atom stereocenters. The molecular weight excluding hydrogens is 424 g/mol. The van der Waals surface area contributed by atoms with Crippen molar-refractivity contribution < 1.29 is 4.79 Å². The lowest BCUT2D eigenvalue weighted by atomic mass is 10.1. The maximum atomic E-state index is 12.4. The molecule has 32 heavy (non-hydrogen) atoms. The van der Waals surface area contributed by atoms with Crippen molar-refractivity contribution in [1.82, 2.24) is 14.9 Å². The highest BCUT2D eigenvalue weighted by molar-refractivity contribution is 5.94. The first-order valence-corrected chi connectivity index (χ1v) is 10.9. The summed E-state index contributed by atoms with van der Waals surface area (Å²) in [5.41, 5.74) is 4.70. The van der Waals surface area contributed by atoms with E-state index in [-0.39, 0.29) is 23.7 Å². The number of nitrogens with one attached hydrogen (secondary N) is 1. The number of carbonyl (C=O) groups excluding carboxylic acids is 1. The lowest BCUT2D eigenvalue weighted by molar-refractivity contribution is 0.101. The van der Waals surface area contributed by atoms with Gasteiger partial charge in [-0.05, 0) is 67.8 Å². The maximum Gasteiger partial charge on any atom is 0.257 e. The van der Waals surface area contributed by atoms with E-state index in [0.29, 0.717) is 11.4 Å². The van der Waals surface area contributed by atoms with E-state index in [4.69, 9.17) is 0 Å². The number of pyridine rings is 2. The molecule has 0 bridgehead atoms. The lowest BCUT2D eigenvalue weighted by Gasteiger charge is -2.38. The number of piperazine rings is 1. The third-order valence-electron chi connectivity index (χ3n) is 6.48. The molecule has 2 aromatic heterocycles. The molecular formula is C25H27ClN4O2. The molecule has 166 valence electrons. The number of fused-ring (bicyclic) bond motifs is 1. The smallest absolute Gasteiger partial charge is 0.257 e. The van der Waals surface area contributed by atoms with Crippen LogP contribution >= 0.6 is 12.4 Å². The maximum absolute atomic E-state index is 12.4. The standard InChI is InChI=1S/C25H26N4O2.ClH/c1-17(30)18-4-7-20(8-5-18)28-11-13-29(14-12-28)21-9-6-19(15-21)23-16-24-22(25(31)27-23)3-2-10-26-24;/h2-5,7-8,10,15-16,21H,6,9,11-14H2,1H3,(H,27,31);1H/t21-;/m1./s1. The van der Waals surface area contributed by atoms with Crippen LogP contribution in [0.25, 0.3) is 16.5 Å². The predicted molar refractivity (Wildman–Crippen MR) is 131 cm³/mol. The van der Waals surface area contributed by atoms with Crippen LogP contribution in [0.1, 0.15) is 35.8 Å². The lowest BCUT2D eigenvalue weighted by Crippen LogP contribution is -2.49. The first-order chi connectivity index (χ1) is 15.1. The highest BCUT2D eigenvalue weighted by Crippen LogP contribution is 2.31. The topological polar surface area (TPSA) is 69.3 Å². The Morgan fingerprint density at radius 1 is 1.09 bits per heavy atom. The molecule has 1 saturated heterocycles. The van der Waals surface area contributed by atoms with Crippen molar-refractivity contribution in [2.75, 3.05) is 31.1 Å². The molecule has 7 heteroatoms. The molecule has 0 saturated carbocycles. The number of nitrogens with zero attached hydrogens (tertiary/aromatic N) is 3. The van der Waals surface area contributed by atoms with Gasteiger partial charge in [0.15, 0.2) is 5.78 Å². The largest absolute Gasteiger partial charge is 0.369 e. The molecule has 2 aliphatic rings. The van der Waals surface area contributed by atoms with E-state index in [0.717, 1.165) is 55.8 Å². The molecule has 0 amide bonds. The minimum absolute atomic E-state index is 0. The molecule has 1 atom stereocenters. The second-order valence-electron chi connectivity index (χ2n) is 8.37. The van der Waals surface area contributed by atoms with Crippen molar-refractivity contribution in [2.45, 2.75) is 25.8 Å². The second kappa shape index (κ2) is 9.27. The van der Waals surface area contributed by atoms with Crippen LogP contribution in [0.5, 0.6) is 0 Å². The van der Waals surface area contributed by atoms with Crippen LogP contribution in [0.3, 0.4) is 0 Å². The molecule has 5 rings (SSSR count). The van der Waals surface area contributed by atoms with Gasteiger partial charge in [-0.25, -0.2) is 0 Å². The number of Topliss-reactive ketones (excluding diaryl/α,β-unsaturated/α-hetero) is 1. The molecule has 0 spiro atoms. The summed E-state index contributed by atoms with van der Waals surface area (Å²) >= 11 is 0. The van der Waals surface area contributed by atoms with Gasteiger partial charge >= 0.3 is 0 Å². The van der Waals surface area contributed by atoms with E-state index in [1.165, 1.54) is 11.3 Å². The number of aromatic amines is 1. The van der Waals surface area contributed by atoms with E-state index in [2.05, 4.69) is 25.8 Å². The Labute approximate surface area is 193 Å². The van der Waals surface area contributed by atoms with Crippen molar-refractivity contribution in [1.29, 1.82) is 0 Å². The van der Waals surface area contributed by atoms with Gasteiger partial charge in [-0.1, -0.05) is 6.08 Å². The molecule has 1 aromatic carbocycles. The molecule has 0 radical (unpaired) electrons. The Morgan fingerprint density at radius 3 is 2.56 bits per heavy atom. The molecule has 3 heterocycles. The summed E-state index contributed by atoms with van der Waals surface area (Å²) in [5.74, 6) is 0.101. The van der Waals surface area contributed by atoms with Gasteiger partial charge in [-0.15, -0.1) is 12.4 Å². The van der Waals surface area contributed by atoms with E-state index >= 15 is 0 Å². The van der Waals surface area contributed by atoms with Gasteiger partial charge in [0.25, 0.3) is 5.56 Å². The average molecular weight is 451 g/mol. The summed E-state index contributed by atoms with van der Waals surface area (Å²) in [7, 11) is 0.